The summed E-state index contributed by atoms with van der Waals surface area (Å²) >= 11 is 0. The number of rotatable bonds is 4. The van der Waals surface area contributed by atoms with Crippen LogP contribution in [0, 0.1) is 10.1 Å². The van der Waals surface area contributed by atoms with Crippen molar-refractivity contribution in [1.82, 2.24) is 4.72 Å². The standard InChI is InChI=1S/C11H14N2O6S/c1-7-9(4-5-19-7)12-20(17,18)8-2-3-11(14)10(6-8)13(15)16/h2-3,6-7,9,12,14H,4-5H2,1H3. The average Bonchev–Trinajstić information content (AvgIpc) is 2.74. The Labute approximate surface area is 115 Å². The van der Waals surface area contributed by atoms with E-state index in [9.17, 15) is 23.6 Å². The van der Waals surface area contributed by atoms with Crippen molar-refractivity contribution in [2.24, 2.45) is 0 Å². The Hall–Kier alpha value is -1.71. The maximum Gasteiger partial charge on any atom is 0.312 e. The second-order valence-corrected chi connectivity index (χ2v) is 6.21. The Morgan fingerprint density at radius 2 is 2.20 bits per heavy atom. The van der Waals surface area contributed by atoms with Crippen molar-refractivity contribution in [3.05, 3.63) is 28.3 Å². The van der Waals surface area contributed by atoms with Crippen LogP contribution in [0.5, 0.6) is 5.75 Å². The predicted molar refractivity (Wildman–Crippen MR) is 68.9 cm³/mol. The molecule has 9 heteroatoms. The maximum atomic E-state index is 12.1. The zero-order valence-corrected chi connectivity index (χ0v) is 11.5. The van der Waals surface area contributed by atoms with Crippen LogP contribution in [0.2, 0.25) is 0 Å². The first kappa shape index (κ1) is 14.7. The molecule has 0 saturated carbocycles. The summed E-state index contributed by atoms with van der Waals surface area (Å²) in [7, 11) is -3.89. The van der Waals surface area contributed by atoms with Crippen LogP contribution in [0.15, 0.2) is 23.1 Å². The smallest absolute Gasteiger partial charge is 0.312 e. The summed E-state index contributed by atoms with van der Waals surface area (Å²) in [5.74, 6) is -0.577. The minimum absolute atomic E-state index is 0.253. The third kappa shape index (κ3) is 2.89. The average molecular weight is 302 g/mol. The van der Waals surface area contributed by atoms with Crippen molar-refractivity contribution in [2.45, 2.75) is 30.4 Å². The highest BCUT2D eigenvalue weighted by Gasteiger charge is 2.30. The number of nitrogens with one attached hydrogen (secondary N) is 1. The van der Waals surface area contributed by atoms with Gasteiger partial charge in [-0.1, -0.05) is 0 Å². The summed E-state index contributed by atoms with van der Waals surface area (Å²) in [6, 6.07) is 2.57. The monoisotopic (exact) mass is 302 g/mol. The number of hydrogen-bond acceptors (Lipinski definition) is 6. The van der Waals surface area contributed by atoms with Gasteiger partial charge in [-0.15, -0.1) is 0 Å². The number of nitrogens with zero attached hydrogens (tertiary/aromatic N) is 1. The van der Waals surface area contributed by atoms with Crippen molar-refractivity contribution in [2.75, 3.05) is 6.61 Å². The molecule has 2 unspecified atom stereocenters. The summed E-state index contributed by atoms with van der Waals surface area (Å²) in [5, 5.41) is 20.0. The minimum atomic E-state index is -3.89. The summed E-state index contributed by atoms with van der Waals surface area (Å²) in [6.45, 7) is 2.21. The van der Waals surface area contributed by atoms with Crippen molar-refractivity contribution in [3.8, 4) is 5.75 Å². The molecule has 1 fully saturated rings. The molecule has 0 aliphatic carbocycles. The van der Waals surface area contributed by atoms with Gasteiger partial charge in [-0.3, -0.25) is 10.1 Å². The first-order valence-corrected chi connectivity index (χ1v) is 7.41. The highest BCUT2D eigenvalue weighted by molar-refractivity contribution is 7.89. The third-order valence-electron chi connectivity index (χ3n) is 3.14. The van der Waals surface area contributed by atoms with Crippen molar-refractivity contribution >= 4 is 15.7 Å². The van der Waals surface area contributed by atoms with Gasteiger partial charge in [-0.2, -0.15) is 0 Å². The van der Waals surface area contributed by atoms with Crippen LogP contribution in [-0.4, -0.2) is 37.2 Å². The number of phenols is 1. The maximum absolute atomic E-state index is 12.1. The number of nitro groups is 1. The number of ether oxygens (including phenoxy) is 1. The van der Waals surface area contributed by atoms with E-state index >= 15 is 0 Å². The Balaban J connectivity index is 2.30. The van der Waals surface area contributed by atoms with E-state index in [1.165, 1.54) is 0 Å². The Bertz CT molecular complexity index is 630. The van der Waals surface area contributed by atoms with Crippen LogP contribution in [0.4, 0.5) is 5.69 Å². The highest BCUT2D eigenvalue weighted by atomic mass is 32.2. The lowest BCUT2D eigenvalue weighted by Crippen LogP contribution is -2.39. The van der Waals surface area contributed by atoms with Gasteiger partial charge in [0.25, 0.3) is 0 Å². The summed E-state index contributed by atoms with van der Waals surface area (Å²) < 4.78 is 32.0. The van der Waals surface area contributed by atoms with Crippen LogP contribution in [0.1, 0.15) is 13.3 Å². The number of benzene rings is 1. The van der Waals surface area contributed by atoms with Gasteiger partial charge < -0.3 is 9.84 Å². The first-order valence-electron chi connectivity index (χ1n) is 5.92. The lowest BCUT2D eigenvalue weighted by atomic mass is 10.2. The molecule has 0 aromatic heterocycles. The van der Waals surface area contributed by atoms with Gasteiger partial charge in [0.2, 0.25) is 10.0 Å². The van der Waals surface area contributed by atoms with Crippen LogP contribution >= 0.6 is 0 Å². The molecule has 2 N–H and O–H groups in total. The minimum Gasteiger partial charge on any atom is -0.502 e. The largest absolute Gasteiger partial charge is 0.502 e. The molecular formula is C11H14N2O6S. The molecule has 0 radical (unpaired) electrons. The fourth-order valence-electron chi connectivity index (χ4n) is 1.97. The normalized spacial score (nSPS) is 22.9. The molecule has 110 valence electrons. The van der Waals surface area contributed by atoms with Crippen LogP contribution in [0.3, 0.4) is 0 Å². The highest BCUT2D eigenvalue weighted by Crippen LogP contribution is 2.28. The Morgan fingerprint density at radius 3 is 2.75 bits per heavy atom. The molecule has 1 saturated heterocycles. The molecule has 20 heavy (non-hydrogen) atoms. The van der Waals surface area contributed by atoms with E-state index in [0.717, 1.165) is 18.2 Å². The van der Waals surface area contributed by atoms with E-state index < -0.39 is 26.4 Å². The molecule has 1 aliphatic rings. The fourth-order valence-corrected chi connectivity index (χ4v) is 3.33. The molecule has 0 amide bonds. The van der Waals surface area contributed by atoms with Crippen molar-refractivity contribution in [1.29, 1.82) is 0 Å². The van der Waals surface area contributed by atoms with Gasteiger partial charge in [0.15, 0.2) is 5.75 Å². The van der Waals surface area contributed by atoms with E-state index in [-0.39, 0.29) is 17.0 Å². The number of sulfonamides is 1. The summed E-state index contributed by atoms with van der Waals surface area (Å²) in [5.41, 5.74) is -0.649. The SMILES string of the molecule is CC1OCCC1NS(=O)(=O)c1ccc(O)c([N+](=O)[O-])c1. The molecular weight excluding hydrogens is 288 g/mol. The van der Waals surface area contributed by atoms with Crippen LogP contribution < -0.4 is 4.72 Å². The van der Waals surface area contributed by atoms with Gasteiger partial charge >= 0.3 is 5.69 Å². The van der Waals surface area contributed by atoms with Gasteiger partial charge in [-0.25, -0.2) is 13.1 Å². The van der Waals surface area contributed by atoms with E-state index in [0.29, 0.717) is 13.0 Å². The Kier molecular flexibility index (Phi) is 3.93. The molecule has 1 aromatic carbocycles. The molecule has 0 bridgehead atoms. The lowest BCUT2D eigenvalue weighted by Gasteiger charge is -2.16. The van der Waals surface area contributed by atoms with Crippen molar-refractivity contribution < 1.29 is 23.2 Å². The molecule has 1 aliphatic heterocycles. The topological polar surface area (TPSA) is 119 Å². The number of aromatic hydroxyl groups is 1. The number of hydrogen-bond donors (Lipinski definition) is 2. The fraction of sp³-hybridized carbons (Fsp3) is 0.455. The van der Waals surface area contributed by atoms with Crippen LogP contribution in [0.25, 0.3) is 0 Å². The predicted octanol–water partition coefficient (Wildman–Crippen LogP) is 0.756. The molecule has 1 heterocycles. The molecule has 2 atom stereocenters. The van der Waals surface area contributed by atoms with Gasteiger partial charge in [0.05, 0.1) is 22.0 Å². The molecule has 8 nitrogen and oxygen atoms in total. The number of phenolic OH excluding ortho intramolecular Hbond substituents is 1. The van der Waals surface area contributed by atoms with E-state index in [1.807, 2.05) is 0 Å². The van der Waals surface area contributed by atoms with E-state index in [2.05, 4.69) is 4.72 Å². The van der Waals surface area contributed by atoms with Gasteiger partial charge in [-0.05, 0) is 25.5 Å². The molecule has 0 spiro atoms. The second kappa shape index (κ2) is 5.35. The molecule has 2 rings (SSSR count). The third-order valence-corrected chi connectivity index (χ3v) is 4.62. The molecule has 1 aromatic rings. The lowest BCUT2D eigenvalue weighted by molar-refractivity contribution is -0.386. The first-order chi connectivity index (χ1) is 9.31. The zero-order chi connectivity index (χ0) is 14.9. The summed E-state index contributed by atoms with van der Waals surface area (Å²) in [6.07, 6.45) is 0.289. The Morgan fingerprint density at radius 1 is 1.50 bits per heavy atom. The summed E-state index contributed by atoms with van der Waals surface area (Å²) in [4.78, 5) is 9.61. The van der Waals surface area contributed by atoms with Crippen LogP contribution in [-0.2, 0) is 14.8 Å². The quantitative estimate of drug-likeness (QED) is 0.626. The van der Waals surface area contributed by atoms with E-state index in [4.69, 9.17) is 4.74 Å². The van der Waals surface area contributed by atoms with E-state index in [1.54, 1.807) is 6.92 Å². The number of nitro benzene ring substituents is 1. The van der Waals surface area contributed by atoms with Gasteiger partial charge in [0, 0.05) is 12.7 Å². The zero-order valence-electron chi connectivity index (χ0n) is 10.6. The van der Waals surface area contributed by atoms with Gasteiger partial charge in [0.1, 0.15) is 0 Å². The van der Waals surface area contributed by atoms with Crippen molar-refractivity contribution in [3.63, 3.8) is 0 Å². The second-order valence-electron chi connectivity index (χ2n) is 4.50.